The van der Waals surface area contributed by atoms with Crippen molar-refractivity contribution in [3.8, 4) is 0 Å². The molecule has 2 aliphatic rings. The zero-order chi connectivity index (χ0) is 10.1. The van der Waals surface area contributed by atoms with Crippen LogP contribution in [-0.2, 0) is 9.47 Å². The molecular weight excluding hydrogens is 211 g/mol. The summed E-state index contributed by atoms with van der Waals surface area (Å²) in [6, 6.07) is 0. The van der Waals surface area contributed by atoms with E-state index >= 15 is 0 Å². The molecule has 0 saturated carbocycles. The summed E-state index contributed by atoms with van der Waals surface area (Å²) in [6.07, 6.45) is 1.16. The summed E-state index contributed by atoms with van der Waals surface area (Å²) in [5.41, 5.74) is 0. The first-order valence-corrected chi connectivity index (χ1v) is 4.66. The predicted octanol–water partition coefficient (Wildman–Crippen LogP) is -3.46. The quantitative estimate of drug-likeness (QED) is 0.396. The van der Waals surface area contributed by atoms with Crippen molar-refractivity contribution < 1.29 is 71.1 Å². The maximum Gasteiger partial charge on any atom is 1.00 e. The fourth-order valence-electron chi connectivity index (χ4n) is 0.304. The molecule has 2 unspecified atom stereocenters. The van der Waals surface area contributed by atoms with E-state index < -0.39 is 6.10 Å². The number of aliphatic hydroxyl groups excluding tert-OH is 1. The molecule has 14 heavy (non-hydrogen) atoms. The molecule has 0 aliphatic carbocycles. The summed E-state index contributed by atoms with van der Waals surface area (Å²) in [7, 11) is 0. The maximum absolute atomic E-state index is 9.38. The fourth-order valence-corrected chi connectivity index (χ4v) is 0.304. The second-order valence-corrected chi connectivity index (χ2v) is 2.99. The predicted molar refractivity (Wildman–Crippen MR) is 47.4 cm³/mol. The first kappa shape index (κ1) is 17.9. The van der Waals surface area contributed by atoms with Crippen molar-refractivity contribution in [3.05, 3.63) is 0 Å². The van der Waals surface area contributed by atoms with Gasteiger partial charge in [0.1, 0.15) is 0 Å². The van der Waals surface area contributed by atoms with Crippen molar-refractivity contribution in [2.24, 2.45) is 0 Å². The molecule has 5 heteroatoms. The van der Waals surface area contributed by atoms with Crippen LogP contribution in [0.5, 0.6) is 0 Å². The van der Waals surface area contributed by atoms with Gasteiger partial charge in [0, 0.05) is 6.10 Å². The van der Waals surface area contributed by atoms with Gasteiger partial charge in [-0.25, -0.2) is 0 Å². The van der Waals surface area contributed by atoms with E-state index in [1.165, 1.54) is 13.3 Å². The summed E-state index contributed by atoms with van der Waals surface area (Å²) >= 11 is 0. The Morgan fingerprint density at radius 3 is 1.86 bits per heavy atom. The minimum Gasteiger partial charge on any atom is -0.853 e. The minimum absolute atomic E-state index is 0. The van der Waals surface area contributed by atoms with E-state index in [0.29, 0.717) is 6.10 Å². The van der Waals surface area contributed by atoms with Crippen molar-refractivity contribution in [3.63, 3.8) is 0 Å². The number of aliphatic hydroxyl groups is 1. The monoisotopic (exact) mass is 230 g/mol. The molecule has 0 bridgehead atoms. The van der Waals surface area contributed by atoms with E-state index in [4.69, 9.17) is 9.84 Å². The van der Waals surface area contributed by atoms with Gasteiger partial charge >= 0.3 is 51.4 Å². The smallest absolute Gasteiger partial charge is 0.853 e. The van der Waals surface area contributed by atoms with Gasteiger partial charge in [0.25, 0.3) is 0 Å². The molecule has 1 N–H and O–H groups in total. The van der Waals surface area contributed by atoms with Gasteiger partial charge < -0.3 is 19.7 Å². The molecule has 0 spiro atoms. The molecule has 2 atom stereocenters. The molecule has 2 saturated heterocycles. The van der Waals surface area contributed by atoms with Crippen LogP contribution in [0.3, 0.4) is 0 Å². The van der Waals surface area contributed by atoms with Crippen LogP contribution < -0.4 is 56.5 Å². The van der Waals surface area contributed by atoms with Crippen LogP contribution in [-0.4, -0.2) is 43.7 Å². The number of hydrogen-bond donors (Lipinski definition) is 1. The Hall–Kier alpha value is 1.48. The largest absolute Gasteiger partial charge is 1.00 e. The summed E-state index contributed by atoms with van der Waals surface area (Å²) in [4.78, 5) is 0. The van der Waals surface area contributed by atoms with Gasteiger partial charge in [-0.3, -0.25) is 0 Å². The van der Waals surface area contributed by atoms with Crippen LogP contribution in [0.4, 0.5) is 0 Å². The third-order valence-corrected chi connectivity index (χ3v) is 1.30. The molecule has 0 aromatic heterocycles. The van der Waals surface area contributed by atoms with Crippen LogP contribution in [0, 0.1) is 0 Å². The zero-order valence-electron chi connectivity index (χ0n) is 9.36. The standard InChI is InChI=1S/C4H8O.C3H7O2.C2H4O.K/c1-2-4-3-5-4;1-3(5)2-4;1-2-3-1;/h4H,2-3H2,1H3;3,5H,2H2,1H3;1-2H2;/q;-1;;+1. The van der Waals surface area contributed by atoms with Crippen molar-refractivity contribution in [1.29, 1.82) is 0 Å². The Labute approximate surface area is 128 Å². The molecule has 0 aromatic rings. The molecule has 80 valence electrons. The number of hydrogen-bond acceptors (Lipinski definition) is 4. The van der Waals surface area contributed by atoms with Crippen LogP contribution in [0.1, 0.15) is 20.3 Å². The summed E-state index contributed by atoms with van der Waals surface area (Å²) in [5, 5.41) is 17.4. The van der Waals surface area contributed by atoms with Gasteiger partial charge in [0.05, 0.1) is 25.9 Å². The van der Waals surface area contributed by atoms with Crippen LogP contribution in [0.15, 0.2) is 0 Å². The molecule has 2 heterocycles. The molecule has 2 aliphatic heterocycles. The topological polar surface area (TPSA) is 68.3 Å². The van der Waals surface area contributed by atoms with Gasteiger partial charge in [-0.1, -0.05) is 6.92 Å². The summed E-state index contributed by atoms with van der Waals surface area (Å²) in [5.74, 6) is 0. The number of rotatable bonds is 2. The zero-order valence-corrected chi connectivity index (χ0v) is 12.5. The molecular formula is C9H19KO4. The Morgan fingerprint density at radius 2 is 1.86 bits per heavy atom. The van der Waals surface area contributed by atoms with Crippen molar-refractivity contribution in [2.75, 3.05) is 26.4 Å². The van der Waals surface area contributed by atoms with Crippen LogP contribution >= 0.6 is 0 Å². The second-order valence-electron chi connectivity index (χ2n) is 2.99. The van der Waals surface area contributed by atoms with E-state index in [9.17, 15) is 5.11 Å². The maximum atomic E-state index is 9.38. The Kier molecular flexibility index (Phi) is 16.0. The average molecular weight is 230 g/mol. The first-order chi connectivity index (χ1) is 6.20. The van der Waals surface area contributed by atoms with E-state index in [1.54, 1.807) is 0 Å². The fraction of sp³-hybridized carbons (Fsp3) is 1.00. The third kappa shape index (κ3) is 23.4. The molecule has 0 amide bonds. The van der Waals surface area contributed by atoms with Gasteiger partial charge in [-0.2, -0.15) is 0 Å². The van der Waals surface area contributed by atoms with E-state index in [-0.39, 0.29) is 58.0 Å². The number of ether oxygens (including phenoxy) is 2. The van der Waals surface area contributed by atoms with Crippen LogP contribution in [0.2, 0.25) is 0 Å². The van der Waals surface area contributed by atoms with E-state index in [1.807, 2.05) is 0 Å². The molecule has 2 rings (SSSR count). The first-order valence-electron chi connectivity index (χ1n) is 4.66. The van der Waals surface area contributed by atoms with Gasteiger partial charge in [0.2, 0.25) is 0 Å². The van der Waals surface area contributed by atoms with Crippen LogP contribution in [0.25, 0.3) is 0 Å². The Balaban J connectivity index is 0. The Morgan fingerprint density at radius 1 is 1.50 bits per heavy atom. The second kappa shape index (κ2) is 12.5. The average Bonchev–Trinajstić information content (AvgIpc) is 2.91. The summed E-state index contributed by atoms with van der Waals surface area (Å²) < 4.78 is 9.36. The Bertz CT molecular complexity index is 100. The molecule has 0 radical (unpaired) electrons. The summed E-state index contributed by atoms with van der Waals surface area (Å²) in [6.45, 7) is 6.22. The van der Waals surface area contributed by atoms with E-state index in [2.05, 4.69) is 11.7 Å². The van der Waals surface area contributed by atoms with Crippen molar-refractivity contribution >= 4 is 0 Å². The van der Waals surface area contributed by atoms with Gasteiger partial charge in [-0.15, -0.1) is 6.61 Å². The number of epoxide rings is 2. The van der Waals surface area contributed by atoms with Crippen molar-refractivity contribution in [1.82, 2.24) is 0 Å². The van der Waals surface area contributed by atoms with E-state index in [0.717, 1.165) is 19.8 Å². The molecule has 4 nitrogen and oxygen atoms in total. The SMILES string of the molecule is C1CO1.CC(O)C[O-].CCC1CO1.[K+]. The molecule has 0 aromatic carbocycles. The molecule has 2 fully saturated rings. The van der Waals surface area contributed by atoms with Gasteiger partial charge in [-0.05, 0) is 13.3 Å². The van der Waals surface area contributed by atoms with Gasteiger partial charge in [0.15, 0.2) is 0 Å². The van der Waals surface area contributed by atoms with Crippen molar-refractivity contribution in [2.45, 2.75) is 32.5 Å². The minimum atomic E-state index is -0.671. The normalized spacial score (nSPS) is 22.7. The third-order valence-electron chi connectivity index (χ3n) is 1.30.